The van der Waals surface area contributed by atoms with Crippen LogP contribution in [0.15, 0.2) is 41.5 Å². The van der Waals surface area contributed by atoms with Gasteiger partial charge in [-0.2, -0.15) is 0 Å². The van der Waals surface area contributed by atoms with E-state index in [9.17, 15) is 0 Å². The zero-order valence-corrected chi connectivity index (χ0v) is 12.7. The Balaban J connectivity index is 1.90. The topological polar surface area (TPSA) is 63.3 Å². The van der Waals surface area contributed by atoms with E-state index in [1.165, 1.54) is 24.6 Å². The predicted molar refractivity (Wildman–Crippen MR) is 89.2 cm³/mol. The standard InChI is InChI=1S/C17H24N4/c1-2-3-4-7-11-20-17(18)21-13-16-15-9-6-5-8-14(15)10-12-19-16/h5-6,8-10,12H,2-4,7,11,13H2,1H3,(H3,18,20,21). The fourth-order valence-electron chi connectivity index (χ4n) is 2.29. The van der Waals surface area contributed by atoms with Crippen molar-refractivity contribution in [3.8, 4) is 0 Å². The van der Waals surface area contributed by atoms with Crippen molar-refractivity contribution < 1.29 is 0 Å². The van der Waals surface area contributed by atoms with Gasteiger partial charge in [-0.1, -0.05) is 50.5 Å². The highest BCUT2D eigenvalue weighted by molar-refractivity contribution is 5.84. The summed E-state index contributed by atoms with van der Waals surface area (Å²) in [4.78, 5) is 8.79. The van der Waals surface area contributed by atoms with E-state index >= 15 is 0 Å². The first kappa shape index (κ1) is 15.3. The third kappa shape index (κ3) is 4.74. The first-order valence-electron chi connectivity index (χ1n) is 7.67. The highest BCUT2D eigenvalue weighted by Gasteiger charge is 2.01. The zero-order valence-electron chi connectivity index (χ0n) is 12.7. The zero-order chi connectivity index (χ0) is 14.9. The molecular formula is C17H24N4. The van der Waals surface area contributed by atoms with Gasteiger partial charge in [0, 0.05) is 18.1 Å². The van der Waals surface area contributed by atoms with Crippen LogP contribution in [0, 0.1) is 0 Å². The molecule has 0 atom stereocenters. The highest BCUT2D eigenvalue weighted by atomic mass is 15.1. The lowest BCUT2D eigenvalue weighted by atomic mass is 10.1. The Kier molecular flexibility index (Phi) is 6.00. The molecule has 0 saturated heterocycles. The van der Waals surface area contributed by atoms with Crippen LogP contribution in [0.25, 0.3) is 10.8 Å². The van der Waals surface area contributed by atoms with Crippen molar-refractivity contribution >= 4 is 16.7 Å². The number of guanidine groups is 1. The van der Waals surface area contributed by atoms with Crippen molar-refractivity contribution in [2.75, 3.05) is 6.54 Å². The van der Waals surface area contributed by atoms with Crippen LogP contribution in [0.2, 0.25) is 0 Å². The van der Waals surface area contributed by atoms with Gasteiger partial charge in [0.25, 0.3) is 0 Å². The molecule has 0 aliphatic heterocycles. The van der Waals surface area contributed by atoms with Gasteiger partial charge >= 0.3 is 0 Å². The molecule has 2 rings (SSSR count). The summed E-state index contributed by atoms with van der Waals surface area (Å²) >= 11 is 0. The number of benzene rings is 1. The highest BCUT2D eigenvalue weighted by Crippen LogP contribution is 2.16. The molecule has 0 amide bonds. The molecule has 112 valence electrons. The summed E-state index contributed by atoms with van der Waals surface area (Å²) in [6.45, 7) is 3.61. The largest absolute Gasteiger partial charge is 0.370 e. The lowest BCUT2D eigenvalue weighted by Gasteiger charge is -2.06. The monoisotopic (exact) mass is 284 g/mol. The number of nitrogens with two attached hydrogens (primary N) is 1. The number of hydrogen-bond acceptors (Lipinski definition) is 2. The molecule has 21 heavy (non-hydrogen) atoms. The number of aromatic nitrogens is 1. The van der Waals surface area contributed by atoms with E-state index in [1.807, 2.05) is 24.4 Å². The molecule has 1 heterocycles. The number of rotatable bonds is 7. The Morgan fingerprint density at radius 2 is 2.05 bits per heavy atom. The molecular weight excluding hydrogens is 260 g/mol. The number of aliphatic imine (C=N–C) groups is 1. The Morgan fingerprint density at radius 3 is 2.90 bits per heavy atom. The molecule has 0 saturated carbocycles. The quantitative estimate of drug-likeness (QED) is 0.466. The number of pyridine rings is 1. The van der Waals surface area contributed by atoms with Gasteiger partial charge < -0.3 is 11.1 Å². The van der Waals surface area contributed by atoms with E-state index < -0.39 is 0 Å². The molecule has 1 aromatic heterocycles. The average Bonchev–Trinajstić information content (AvgIpc) is 2.52. The van der Waals surface area contributed by atoms with E-state index in [0.29, 0.717) is 12.5 Å². The summed E-state index contributed by atoms with van der Waals surface area (Å²) < 4.78 is 0. The first-order chi connectivity index (χ1) is 10.3. The number of nitrogens with zero attached hydrogens (tertiary/aromatic N) is 2. The smallest absolute Gasteiger partial charge is 0.188 e. The van der Waals surface area contributed by atoms with Crippen molar-refractivity contribution in [2.24, 2.45) is 10.7 Å². The third-order valence-corrected chi connectivity index (χ3v) is 3.49. The van der Waals surface area contributed by atoms with Crippen LogP contribution in [0.3, 0.4) is 0 Å². The molecule has 0 radical (unpaired) electrons. The number of fused-ring (bicyclic) bond motifs is 1. The fourth-order valence-corrected chi connectivity index (χ4v) is 2.29. The molecule has 2 aromatic rings. The second kappa shape index (κ2) is 8.25. The number of hydrogen-bond donors (Lipinski definition) is 2. The van der Waals surface area contributed by atoms with Crippen LogP contribution in [0.5, 0.6) is 0 Å². The predicted octanol–water partition coefficient (Wildman–Crippen LogP) is 3.22. The minimum atomic E-state index is 0.501. The maximum absolute atomic E-state index is 5.89. The molecule has 1 aromatic carbocycles. The van der Waals surface area contributed by atoms with Gasteiger partial charge in [-0.3, -0.25) is 4.98 Å². The van der Waals surface area contributed by atoms with Gasteiger partial charge in [0.05, 0.1) is 12.2 Å². The van der Waals surface area contributed by atoms with Crippen molar-refractivity contribution in [1.82, 2.24) is 10.3 Å². The van der Waals surface area contributed by atoms with Crippen LogP contribution in [0.4, 0.5) is 0 Å². The maximum Gasteiger partial charge on any atom is 0.188 e. The second-order valence-corrected chi connectivity index (χ2v) is 5.17. The molecule has 3 N–H and O–H groups in total. The van der Waals surface area contributed by atoms with Crippen LogP contribution in [-0.2, 0) is 6.54 Å². The number of nitrogens with one attached hydrogen (secondary N) is 1. The van der Waals surface area contributed by atoms with Crippen molar-refractivity contribution in [1.29, 1.82) is 0 Å². The minimum absolute atomic E-state index is 0.501. The number of unbranched alkanes of at least 4 members (excludes halogenated alkanes) is 3. The minimum Gasteiger partial charge on any atom is -0.370 e. The lowest BCUT2D eigenvalue weighted by molar-refractivity contribution is 0.652. The van der Waals surface area contributed by atoms with Gasteiger partial charge in [-0.05, 0) is 17.9 Å². The lowest BCUT2D eigenvalue weighted by Crippen LogP contribution is -2.32. The SMILES string of the molecule is CCCCCCNC(N)=NCc1nccc2ccccc12. The van der Waals surface area contributed by atoms with E-state index in [1.54, 1.807) is 0 Å². The Morgan fingerprint density at radius 1 is 1.19 bits per heavy atom. The molecule has 0 unspecified atom stereocenters. The molecule has 0 spiro atoms. The summed E-state index contributed by atoms with van der Waals surface area (Å²) in [5, 5.41) is 5.48. The third-order valence-electron chi connectivity index (χ3n) is 3.49. The van der Waals surface area contributed by atoms with Crippen molar-refractivity contribution in [2.45, 2.75) is 39.2 Å². The molecule has 0 aliphatic carbocycles. The first-order valence-corrected chi connectivity index (χ1v) is 7.67. The van der Waals surface area contributed by atoms with Crippen LogP contribution in [-0.4, -0.2) is 17.5 Å². The summed E-state index contributed by atoms with van der Waals surface area (Å²) in [7, 11) is 0. The summed E-state index contributed by atoms with van der Waals surface area (Å²) in [5.41, 5.74) is 6.85. The molecule has 4 heteroatoms. The van der Waals surface area contributed by atoms with Crippen LogP contribution < -0.4 is 11.1 Å². The normalized spacial score (nSPS) is 11.8. The Hall–Kier alpha value is -2.10. The fraction of sp³-hybridized carbons (Fsp3) is 0.412. The van der Waals surface area contributed by atoms with E-state index in [2.05, 4.69) is 34.3 Å². The summed E-state index contributed by atoms with van der Waals surface area (Å²) in [6, 6.07) is 10.2. The van der Waals surface area contributed by atoms with Crippen molar-refractivity contribution in [3.63, 3.8) is 0 Å². The summed E-state index contributed by atoms with van der Waals surface area (Å²) in [6.07, 6.45) is 6.72. The van der Waals surface area contributed by atoms with E-state index in [0.717, 1.165) is 24.0 Å². The van der Waals surface area contributed by atoms with Crippen LogP contribution >= 0.6 is 0 Å². The van der Waals surface area contributed by atoms with Crippen LogP contribution in [0.1, 0.15) is 38.3 Å². The van der Waals surface area contributed by atoms with Crippen molar-refractivity contribution in [3.05, 3.63) is 42.2 Å². The van der Waals surface area contributed by atoms with Gasteiger partial charge in [0.15, 0.2) is 5.96 Å². The van der Waals surface area contributed by atoms with Gasteiger partial charge in [-0.25, -0.2) is 4.99 Å². The van der Waals surface area contributed by atoms with E-state index in [4.69, 9.17) is 5.73 Å². The Bertz CT molecular complexity index is 587. The average molecular weight is 284 g/mol. The van der Waals surface area contributed by atoms with Gasteiger partial charge in [0.1, 0.15) is 0 Å². The van der Waals surface area contributed by atoms with Gasteiger partial charge in [0.2, 0.25) is 0 Å². The Labute approximate surface area is 126 Å². The van der Waals surface area contributed by atoms with E-state index in [-0.39, 0.29) is 0 Å². The second-order valence-electron chi connectivity index (χ2n) is 5.17. The van der Waals surface area contributed by atoms with Gasteiger partial charge in [-0.15, -0.1) is 0 Å². The molecule has 0 bridgehead atoms. The summed E-state index contributed by atoms with van der Waals surface area (Å²) in [5.74, 6) is 0.501. The molecule has 0 fully saturated rings. The molecule has 4 nitrogen and oxygen atoms in total. The molecule has 0 aliphatic rings. The maximum atomic E-state index is 5.89.